The van der Waals surface area contributed by atoms with Crippen molar-refractivity contribution in [3.05, 3.63) is 64.7 Å². The molecule has 2 aliphatic heterocycles. The molecule has 0 spiro atoms. The third kappa shape index (κ3) is 5.54. The van der Waals surface area contributed by atoms with Gasteiger partial charge in [0.2, 0.25) is 0 Å². The van der Waals surface area contributed by atoms with Gasteiger partial charge < -0.3 is 14.4 Å². The minimum Gasteiger partial charge on any atom is -0.488 e. The van der Waals surface area contributed by atoms with Gasteiger partial charge in [0.1, 0.15) is 12.4 Å². The quantitative estimate of drug-likeness (QED) is 0.694. The van der Waals surface area contributed by atoms with E-state index in [0.29, 0.717) is 28.9 Å². The highest BCUT2D eigenvalue weighted by Gasteiger charge is 2.27. The van der Waals surface area contributed by atoms with Crippen LogP contribution in [0.15, 0.2) is 48.5 Å². The molecule has 2 fully saturated rings. The standard InChI is InChI=1S/C24H29ClN2O3/c25-21-9-7-19(8-10-21)18-30-23-6-2-1-5-22(23)24(28)27-11-3-4-20(17-27)16-26-12-14-29-15-13-26/h1-2,5-10,20H,3-4,11-18H2. The zero-order valence-electron chi connectivity index (χ0n) is 17.3. The summed E-state index contributed by atoms with van der Waals surface area (Å²) in [6.07, 6.45) is 2.23. The zero-order valence-corrected chi connectivity index (χ0v) is 18.0. The fraction of sp³-hybridized carbons (Fsp3) is 0.458. The van der Waals surface area contributed by atoms with Gasteiger partial charge in [0.15, 0.2) is 0 Å². The molecule has 2 aromatic carbocycles. The Balaban J connectivity index is 1.39. The number of nitrogens with zero attached hydrogens (tertiary/aromatic N) is 2. The number of piperidine rings is 1. The lowest BCUT2D eigenvalue weighted by atomic mass is 9.96. The first-order valence-electron chi connectivity index (χ1n) is 10.7. The van der Waals surface area contributed by atoms with E-state index in [9.17, 15) is 4.79 Å². The predicted molar refractivity (Wildman–Crippen MR) is 118 cm³/mol. The lowest BCUT2D eigenvalue weighted by molar-refractivity contribution is 0.0223. The number of likely N-dealkylation sites (tertiary alicyclic amines) is 1. The van der Waals surface area contributed by atoms with E-state index in [4.69, 9.17) is 21.1 Å². The number of halogens is 1. The van der Waals surface area contributed by atoms with Crippen LogP contribution in [0, 0.1) is 5.92 Å². The maximum atomic E-state index is 13.3. The van der Waals surface area contributed by atoms with Gasteiger partial charge >= 0.3 is 0 Å². The van der Waals surface area contributed by atoms with Crippen molar-refractivity contribution >= 4 is 17.5 Å². The second kappa shape index (κ2) is 10.3. The minimum absolute atomic E-state index is 0.0633. The van der Waals surface area contributed by atoms with Crippen molar-refractivity contribution < 1.29 is 14.3 Å². The van der Waals surface area contributed by atoms with Crippen molar-refractivity contribution in [2.45, 2.75) is 19.4 Å². The van der Waals surface area contributed by atoms with Gasteiger partial charge in [-0.15, -0.1) is 0 Å². The van der Waals surface area contributed by atoms with Crippen LogP contribution in [0.1, 0.15) is 28.8 Å². The lowest BCUT2D eigenvalue weighted by Crippen LogP contribution is -2.46. The van der Waals surface area contributed by atoms with Crippen molar-refractivity contribution in [1.82, 2.24) is 9.80 Å². The maximum absolute atomic E-state index is 13.3. The Kier molecular flexibility index (Phi) is 7.26. The summed E-state index contributed by atoms with van der Waals surface area (Å²) in [5.41, 5.74) is 1.66. The molecular formula is C24H29ClN2O3. The molecule has 0 bridgehead atoms. The summed E-state index contributed by atoms with van der Waals surface area (Å²) in [5.74, 6) is 1.21. The molecule has 6 heteroatoms. The van der Waals surface area contributed by atoms with Crippen LogP contribution in [0.2, 0.25) is 5.02 Å². The summed E-state index contributed by atoms with van der Waals surface area (Å²) in [7, 11) is 0. The molecule has 0 radical (unpaired) electrons. The number of hydrogen-bond acceptors (Lipinski definition) is 4. The Morgan fingerprint density at radius 1 is 1.07 bits per heavy atom. The molecule has 30 heavy (non-hydrogen) atoms. The molecular weight excluding hydrogens is 400 g/mol. The van der Waals surface area contributed by atoms with Crippen LogP contribution in [-0.2, 0) is 11.3 Å². The molecule has 5 nitrogen and oxygen atoms in total. The highest BCUT2D eigenvalue weighted by Crippen LogP contribution is 2.25. The second-order valence-corrected chi connectivity index (χ2v) is 8.52. The van der Waals surface area contributed by atoms with Gasteiger partial charge in [-0.1, -0.05) is 35.9 Å². The lowest BCUT2D eigenvalue weighted by Gasteiger charge is -2.37. The SMILES string of the molecule is O=C(c1ccccc1OCc1ccc(Cl)cc1)N1CCCC(CN2CCOCC2)C1. The van der Waals surface area contributed by atoms with E-state index in [0.717, 1.165) is 57.9 Å². The Hall–Kier alpha value is -2.08. The van der Waals surface area contributed by atoms with E-state index in [2.05, 4.69) is 4.90 Å². The van der Waals surface area contributed by atoms with Crippen molar-refractivity contribution in [3.63, 3.8) is 0 Å². The molecule has 1 unspecified atom stereocenters. The molecule has 2 aromatic rings. The number of carbonyl (C=O) groups excluding carboxylic acids is 1. The monoisotopic (exact) mass is 428 g/mol. The summed E-state index contributed by atoms with van der Waals surface area (Å²) in [4.78, 5) is 17.8. The van der Waals surface area contributed by atoms with Gasteiger partial charge in [-0.2, -0.15) is 0 Å². The smallest absolute Gasteiger partial charge is 0.257 e. The average molecular weight is 429 g/mol. The van der Waals surface area contributed by atoms with Crippen LogP contribution >= 0.6 is 11.6 Å². The van der Waals surface area contributed by atoms with E-state index in [-0.39, 0.29) is 5.91 Å². The average Bonchev–Trinajstić information content (AvgIpc) is 2.79. The van der Waals surface area contributed by atoms with E-state index in [1.807, 2.05) is 53.4 Å². The van der Waals surface area contributed by atoms with E-state index in [1.54, 1.807) is 0 Å². The highest BCUT2D eigenvalue weighted by molar-refractivity contribution is 6.30. The minimum atomic E-state index is 0.0633. The molecule has 2 saturated heterocycles. The molecule has 1 amide bonds. The predicted octanol–water partition coefficient (Wildman–Crippen LogP) is 4.10. The summed E-state index contributed by atoms with van der Waals surface area (Å²) in [6, 6.07) is 15.1. The van der Waals surface area contributed by atoms with Crippen LogP contribution < -0.4 is 4.74 Å². The summed E-state index contributed by atoms with van der Waals surface area (Å²) in [6.45, 7) is 6.67. The van der Waals surface area contributed by atoms with E-state index in [1.165, 1.54) is 6.42 Å². The Morgan fingerprint density at radius 2 is 1.83 bits per heavy atom. The first kappa shape index (κ1) is 21.2. The summed E-state index contributed by atoms with van der Waals surface area (Å²) in [5, 5.41) is 0.700. The highest BCUT2D eigenvalue weighted by atomic mass is 35.5. The number of para-hydroxylation sites is 1. The molecule has 0 saturated carbocycles. The first-order chi connectivity index (χ1) is 14.7. The van der Waals surface area contributed by atoms with Crippen molar-refractivity contribution in [1.29, 1.82) is 0 Å². The van der Waals surface area contributed by atoms with Crippen LogP contribution in [0.5, 0.6) is 5.75 Å². The maximum Gasteiger partial charge on any atom is 0.257 e. The van der Waals surface area contributed by atoms with Gasteiger partial charge in [0.25, 0.3) is 5.91 Å². The molecule has 2 aliphatic rings. The van der Waals surface area contributed by atoms with Crippen molar-refractivity contribution in [2.24, 2.45) is 5.92 Å². The third-order valence-corrected chi connectivity index (χ3v) is 6.10. The fourth-order valence-electron chi connectivity index (χ4n) is 4.23. The molecule has 4 rings (SSSR count). The molecule has 0 N–H and O–H groups in total. The normalized spacial score (nSPS) is 20.2. The molecule has 0 aliphatic carbocycles. The Morgan fingerprint density at radius 3 is 2.63 bits per heavy atom. The van der Waals surface area contributed by atoms with Gasteiger partial charge in [0, 0.05) is 37.7 Å². The number of ether oxygens (including phenoxy) is 2. The Bertz CT molecular complexity index is 837. The summed E-state index contributed by atoms with van der Waals surface area (Å²) < 4.78 is 11.5. The van der Waals surface area contributed by atoms with Crippen LogP contribution in [0.25, 0.3) is 0 Å². The largest absolute Gasteiger partial charge is 0.488 e. The Labute approximate surface area is 183 Å². The van der Waals surface area contributed by atoms with Gasteiger partial charge in [-0.25, -0.2) is 0 Å². The van der Waals surface area contributed by atoms with E-state index >= 15 is 0 Å². The topological polar surface area (TPSA) is 42.0 Å². The first-order valence-corrected chi connectivity index (χ1v) is 11.1. The van der Waals surface area contributed by atoms with Crippen molar-refractivity contribution in [3.8, 4) is 5.75 Å². The van der Waals surface area contributed by atoms with Crippen LogP contribution in [0.3, 0.4) is 0 Å². The number of rotatable bonds is 6. The van der Waals surface area contributed by atoms with Gasteiger partial charge in [-0.3, -0.25) is 9.69 Å². The number of amides is 1. The number of hydrogen-bond donors (Lipinski definition) is 0. The molecule has 1 atom stereocenters. The van der Waals surface area contributed by atoms with E-state index < -0.39 is 0 Å². The molecule has 160 valence electrons. The fourth-order valence-corrected chi connectivity index (χ4v) is 4.35. The molecule has 2 heterocycles. The summed E-state index contributed by atoms with van der Waals surface area (Å²) >= 11 is 5.95. The number of morpholine rings is 1. The van der Waals surface area contributed by atoms with Crippen molar-refractivity contribution in [2.75, 3.05) is 45.9 Å². The van der Waals surface area contributed by atoms with Crippen LogP contribution in [0.4, 0.5) is 0 Å². The number of carbonyl (C=O) groups is 1. The van der Waals surface area contributed by atoms with Crippen LogP contribution in [-0.4, -0.2) is 61.6 Å². The van der Waals surface area contributed by atoms with Gasteiger partial charge in [0.05, 0.1) is 18.8 Å². The zero-order chi connectivity index (χ0) is 20.8. The third-order valence-electron chi connectivity index (χ3n) is 5.85. The van der Waals surface area contributed by atoms with Gasteiger partial charge in [-0.05, 0) is 48.6 Å². The number of benzene rings is 2. The molecule has 0 aromatic heterocycles. The second-order valence-electron chi connectivity index (χ2n) is 8.08.